The summed E-state index contributed by atoms with van der Waals surface area (Å²) in [6.45, 7) is -0.685. The molecule has 3 nitrogen and oxygen atoms in total. The number of amides is 1. The van der Waals surface area contributed by atoms with E-state index in [1.165, 1.54) is 0 Å². The molecule has 3 rings (SSSR count). The number of hydrogen-bond acceptors (Lipinski definition) is 2. The van der Waals surface area contributed by atoms with Crippen LogP contribution >= 0.6 is 15.9 Å². The molecule has 1 aliphatic rings. The summed E-state index contributed by atoms with van der Waals surface area (Å²) in [4.78, 5) is 13.1. The summed E-state index contributed by atoms with van der Waals surface area (Å²) in [6, 6.07) is 11.4. The second-order valence-electron chi connectivity index (χ2n) is 5.31. The molecular weight excluding hydrogens is 356 g/mol. The minimum Gasteiger partial charge on any atom is -0.483 e. The SMILES string of the molecule is O=C(COc1ccc2ccccc2c1Br)N1CCC(F)(F)C1. The zero-order valence-electron chi connectivity index (χ0n) is 11.7. The van der Waals surface area contributed by atoms with Crippen LogP contribution in [0.1, 0.15) is 6.42 Å². The third-order valence-electron chi connectivity index (χ3n) is 3.70. The molecule has 1 amide bonds. The van der Waals surface area contributed by atoms with Crippen molar-refractivity contribution in [2.75, 3.05) is 19.7 Å². The number of carbonyl (C=O) groups excluding carboxylic acids is 1. The molecule has 6 heteroatoms. The first-order valence-electron chi connectivity index (χ1n) is 6.92. The van der Waals surface area contributed by atoms with E-state index in [1.54, 1.807) is 6.07 Å². The summed E-state index contributed by atoms with van der Waals surface area (Å²) in [5.74, 6) is -2.67. The highest BCUT2D eigenvalue weighted by Crippen LogP contribution is 2.33. The average Bonchev–Trinajstić information content (AvgIpc) is 2.87. The summed E-state index contributed by atoms with van der Waals surface area (Å²) < 4.78 is 32.5. The molecule has 0 aliphatic carbocycles. The number of nitrogens with zero attached hydrogens (tertiary/aromatic N) is 1. The lowest BCUT2D eigenvalue weighted by molar-refractivity contribution is -0.133. The number of alkyl halides is 2. The van der Waals surface area contributed by atoms with Gasteiger partial charge in [0.05, 0.1) is 11.0 Å². The van der Waals surface area contributed by atoms with Gasteiger partial charge in [-0.2, -0.15) is 0 Å². The van der Waals surface area contributed by atoms with E-state index < -0.39 is 18.4 Å². The zero-order chi connectivity index (χ0) is 15.7. The van der Waals surface area contributed by atoms with Crippen molar-refractivity contribution in [1.29, 1.82) is 0 Å². The maximum atomic E-state index is 13.1. The highest BCUT2D eigenvalue weighted by atomic mass is 79.9. The summed E-state index contributed by atoms with van der Waals surface area (Å²) in [6.07, 6.45) is -0.279. The smallest absolute Gasteiger partial charge is 0.267 e. The lowest BCUT2D eigenvalue weighted by Gasteiger charge is -2.17. The molecule has 116 valence electrons. The fourth-order valence-corrected chi connectivity index (χ4v) is 3.11. The van der Waals surface area contributed by atoms with Crippen LogP contribution in [-0.2, 0) is 4.79 Å². The Morgan fingerprint density at radius 2 is 2.05 bits per heavy atom. The molecule has 0 spiro atoms. The van der Waals surface area contributed by atoms with Crippen LogP contribution in [0.3, 0.4) is 0 Å². The van der Waals surface area contributed by atoms with E-state index in [-0.39, 0.29) is 19.6 Å². The number of hydrogen-bond donors (Lipinski definition) is 0. The third-order valence-corrected chi connectivity index (χ3v) is 4.52. The summed E-state index contributed by atoms with van der Waals surface area (Å²) >= 11 is 3.46. The molecule has 22 heavy (non-hydrogen) atoms. The van der Waals surface area contributed by atoms with Gasteiger partial charge in [-0.25, -0.2) is 8.78 Å². The van der Waals surface area contributed by atoms with Gasteiger partial charge >= 0.3 is 0 Å². The van der Waals surface area contributed by atoms with E-state index in [2.05, 4.69) is 15.9 Å². The standard InChI is InChI=1S/C16H14BrF2NO2/c17-15-12-4-2-1-3-11(12)5-6-13(15)22-9-14(21)20-8-7-16(18,19)10-20/h1-6H,7-10H2. The Bertz CT molecular complexity index is 720. The van der Waals surface area contributed by atoms with Crippen molar-refractivity contribution < 1.29 is 18.3 Å². The van der Waals surface area contributed by atoms with Crippen LogP contribution in [0.25, 0.3) is 10.8 Å². The van der Waals surface area contributed by atoms with Gasteiger partial charge in [0.2, 0.25) is 0 Å². The van der Waals surface area contributed by atoms with E-state index in [0.29, 0.717) is 5.75 Å². The van der Waals surface area contributed by atoms with Crippen LogP contribution in [-0.4, -0.2) is 36.4 Å². The average molecular weight is 370 g/mol. The fraction of sp³-hybridized carbons (Fsp3) is 0.312. The number of benzene rings is 2. The molecule has 2 aromatic rings. The van der Waals surface area contributed by atoms with Gasteiger partial charge in [0.1, 0.15) is 5.75 Å². The van der Waals surface area contributed by atoms with Crippen molar-refractivity contribution in [1.82, 2.24) is 4.90 Å². The molecular formula is C16H14BrF2NO2. The van der Waals surface area contributed by atoms with Crippen molar-refractivity contribution >= 4 is 32.6 Å². The van der Waals surface area contributed by atoms with E-state index in [1.807, 2.05) is 30.3 Å². The Balaban J connectivity index is 1.69. The van der Waals surface area contributed by atoms with Crippen LogP contribution in [0.15, 0.2) is 40.9 Å². The second-order valence-corrected chi connectivity index (χ2v) is 6.10. The van der Waals surface area contributed by atoms with Crippen molar-refractivity contribution in [2.45, 2.75) is 12.3 Å². The maximum absolute atomic E-state index is 13.1. The highest BCUT2D eigenvalue weighted by molar-refractivity contribution is 9.10. The summed E-state index contributed by atoms with van der Waals surface area (Å²) in [5.41, 5.74) is 0. The number of carbonyl (C=O) groups is 1. The minimum absolute atomic E-state index is 0.0775. The Hall–Kier alpha value is -1.69. The van der Waals surface area contributed by atoms with Crippen LogP contribution < -0.4 is 4.74 Å². The third kappa shape index (κ3) is 3.06. The molecule has 0 bridgehead atoms. The zero-order valence-corrected chi connectivity index (χ0v) is 13.3. The van der Waals surface area contributed by atoms with Gasteiger partial charge < -0.3 is 9.64 Å². The van der Waals surface area contributed by atoms with Gasteiger partial charge in [0.15, 0.2) is 6.61 Å². The van der Waals surface area contributed by atoms with E-state index in [9.17, 15) is 13.6 Å². The fourth-order valence-electron chi connectivity index (χ4n) is 2.50. The van der Waals surface area contributed by atoms with Crippen LogP contribution in [0.4, 0.5) is 8.78 Å². The first-order chi connectivity index (χ1) is 10.5. The van der Waals surface area contributed by atoms with Gasteiger partial charge in [-0.3, -0.25) is 4.79 Å². The number of fused-ring (bicyclic) bond motifs is 1. The van der Waals surface area contributed by atoms with Crippen molar-refractivity contribution in [3.63, 3.8) is 0 Å². The van der Waals surface area contributed by atoms with Gasteiger partial charge in [0.25, 0.3) is 11.8 Å². The van der Waals surface area contributed by atoms with Crippen molar-refractivity contribution in [3.8, 4) is 5.75 Å². The van der Waals surface area contributed by atoms with Crippen molar-refractivity contribution in [2.24, 2.45) is 0 Å². The first-order valence-corrected chi connectivity index (χ1v) is 7.71. The predicted molar refractivity (Wildman–Crippen MR) is 83.3 cm³/mol. The summed E-state index contributed by atoms with van der Waals surface area (Å²) in [7, 11) is 0. The molecule has 1 fully saturated rings. The molecule has 0 atom stereocenters. The highest BCUT2D eigenvalue weighted by Gasteiger charge is 2.40. The second kappa shape index (κ2) is 5.83. The molecule has 1 heterocycles. The lowest BCUT2D eigenvalue weighted by Crippen LogP contribution is -2.34. The largest absolute Gasteiger partial charge is 0.483 e. The Kier molecular flexibility index (Phi) is 4.04. The molecule has 0 aromatic heterocycles. The van der Waals surface area contributed by atoms with Crippen molar-refractivity contribution in [3.05, 3.63) is 40.9 Å². The van der Waals surface area contributed by atoms with Gasteiger partial charge in [0, 0.05) is 13.0 Å². The topological polar surface area (TPSA) is 29.5 Å². The number of likely N-dealkylation sites (tertiary alicyclic amines) is 1. The van der Waals surface area contributed by atoms with E-state index >= 15 is 0 Å². The Morgan fingerprint density at radius 3 is 2.77 bits per heavy atom. The van der Waals surface area contributed by atoms with Crippen LogP contribution in [0, 0.1) is 0 Å². The van der Waals surface area contributed by atoms with Crippen LogP contribution in [0.2, 0.25) is 0 Å². The summed E-state index contributed by atoms with van der Waals surface area (Å²) in [5, 5.41) is 2.02. The Morgan fingerprint density at radius 1 is 1.27 bits per heavy atom. The molecule has 0 radical (unpaired) electrons. The first kappa shape index (κ1) is 15.2. The number of rotatable bonds is 3. The quantitative estimate of drug-likeness (QED) is 0.822. The molecule has 0 unspecified atom stereocenters. The van der Waals surface area contributed by atoms with E-state index in [0.717, 1.165) is 20.1 Å². The number of halogens is 3. The van der Waals surface area contributed by atoms with Gasteiger partial charge in [-0.1, -0.05) is 30.3 Å². The molecule has 1 aliphatic heterocycles. The van der Waals surface area contributed by atoms with Gasteiger partial charge in [-0.15, -0.1) is 0 Å². The molecule has 2 aromatic carbocycles. The minimum atomic E-state index is -2.78. The lowest BCUT2D eigenvalue weighted by atomic mass is 10.1. The normalized spacial score (nSPS) is 17.0. The number of ether oxygens (including phenoxy) is 1. The maximum Gasteiger partial charge on any atom is 0.267 e. The molecule has 1 saturated heterocycles. The van der Waals surface area contributed by atoms with Gasteiger partial charge in [-0.05, 0) is 32.8 Å². The predicted octanol–water partition coefficient (Wildman–Crippen LogP) is 3.85. The monoisotopic (exact) mass is 369 g/mol. The van der Waals surface area contributed by atoms with Crippen LogP contribution in [0.5, 0.6) is 5.75 Å². The molecule has 0 saturated carbocycles. The van der Waals surface area contributed by atoms with E-state index in [4.69, 9.17) is 4.74 Å². The Labute approximate surface area is 135 Å². The molecule has 0 N–H and O–H groups in total.